The van der Waals surface area contributed by atoms with Gasteiger partial charge in [-0.3, -0.25) is 0 Å². The van der Waals surface area contributed by atoms with Gasteiger partial charge in [0.25, 0.3) is 0 Å². The third kappa shape index (κ3) is 3.73. The summed E-state index contributed by atoms with van der Waals surface area (Å²) in [7, 11) is 0. The monoisotopic (exact) mass is 224 g/mol. The molecule has 0 bridgehead atoms. The minimum absolute atomic E-state index is 0.645. The summed E-state index contributed by atoms with van der Waals surface area (Å²) < 4.78 is 0. The summed E-state index contributed by atoms with van der Waals surface area (Å²) in [6.07, 6.45) is 13.1. The summed E-state index contributed by atoms with van der Waals surface area (Å²) in [5.41, 5.74) is 0. The van der Waals surface area contributed by atoms with E-state index in [1.165, 1.54) is 51.6 Å². The Hall–Kier alpha value is -0.660. The van der Waals surface area contributed by atoms with Gasteiger partial charge in [-0.2, -0.15) is 0 Å². The summed E-state index contributed by atoms with van der Waals surface area (Å²) in [4.78, 5) is 5.04. The molecular formula is C14H28N2. The van der Waals surface area contributed by atoms with E-state index in [-0.39, 0.29) is 0 Å². The van der Waals surface area contributed by atoms with Gasteiger partial charge in [0.05, 0.1) is 0 Å². The lowest BCUT2D eigenvalue weighted by atomic mass is 10.1. The largest absolute Gasteiger partial charge is 0.356 e. The van der Waals surface area contributed by atoms with Gasteiger partial charge in [-0.1, -0.05) is 33.6 Å². The summed E-state index contributed by atoms with van der Waals surface area (Å²) >= 11 is 0. The number of unbranched alkanes of at least 4 members (excludes halogenated alkanes) is 2. The minimum Gasteiger partial charge on any atom is -0.356 e. The van der Waals surface area contributed by atoms with Gasteiger partial charge in [-0.25, -0.2) is 0 Å². The van der Waals surface area contributed by atoms with Gasteiger partial charge in [-0.15, -0.1) is 0 Å². The van der Waals surface area contributed by atoms with Crippen LogP contribution in [0.15, 0.2) is 12.4 Å². The summed E-state index contributed by atoms with van der Waals surface area (Å²) in [5.74, 6) is 0. The molecule has 0 amide bonds. The standard InChI is InChI=1S/C14H28N2/c1-4-7-8-9-14-15(10-5-2)12-13-16(14)11-6-3/h12-14H,4-11H2,1-3H3. The van der Waals surface area contributed by atoms with E-state index < -0.39 is 0 Å². The van der Waals surface area contributed by atoms with Crippen LogP contribution >= 0.6 is 0 Å². The third-order valence-electron chi connectivity index (χ3n) is 3.24. The Morgan fingerprint density at radius 2 is 1.38 bits per heavy atom. The molecule has 0 spiro atoms. The van der Waals surface area contributed by atoms with Crippen molar-refractivity contribution in [1.82, 2.24) is 9.80 Å². The van der Waals surface area contributed by atoms with E-state index in [1.807, 2.05) is 0 Å². The molecule has 1 aliphatic heterocycles. The summed E-state index contributed by atoms with van der Waals surface area (Å²) in [6.45, 7) is 9.21. The number of hydrogen-bond donors (Lipinski definition) is 0. The van der Waals surface area contributed by atoms with Crippen LogP contribution in [0.1, 0.15) is 59.3 Å². The van der Waals surface area contributed by atoms with E-state index in [9.17, 15) is 0 Å². The summed E-state index contributed by atoms with van der Waals surface area (Å²) in [6, 6.07) is 0. The molecule has 0 aromatic heterocycles. The molecule has 0 fully saturated rings. The van der Waals surface area contributed by atoms with Gasteiger partial charge in [0, 0.05) is 25.5 Å². The van der Waals surface area contributed by atoms with Gasteiger partial charge >= 0.3 is 0 Å². The highest BCUT2D eigenvalue weighted by molar-refractivity contribution is 4.96. The molecule has 1 rings (SSSR count). The van der Waals surface area contributed by atoms with Gasteiger partial charge in [0.15, 0.2) is 0 Å². The number of hydrogen-bond acceptors (Lipinski definition) is 2. The van der Waals surface area contributed by atoms with Crippen molar-refractivity contribution in [2.24, 2.45) is 0 Å². The molecule has 0 aromatic rings. The molecule has 1 heterocycles. The van der Waals surface area contributed by atoms with Crippen molar-refractivity contribution in [2.45, 2.75) is 65.5 Å². The summed E-state index contributed by atoms with van der Waals surface area (Å²) in [5, 5.41) is 0. The Morgan fingerprint density at radius 3 is 1.81 bits per heavy atom. The second-order valence-electron chi connectivity index (χ2n) is 4.75. The van der Waals surface area contributed by atoms with Crippen LogP contribution in [0.4, 0.5) is 0 Å². The smallest absolute Gasteiger partial charge is 0.101 e. The Balaban J connectivity index is 2.43. The van der Waals surface area contributed by atoms with Crippen LogP contribution in [0.2, 0.25) is 0 Å². The highest BCUT2D eigenvalue weighted by Gasteiger charge is 2.23. The van der Waals surface area contributed by atoms with Crippen LogP contribution in [-0.4, -0.2) is 29.1 Å². The molecular weight excluding hydrogens is 196 g/mol. The average Bonchev–Trinajstić information content (AvgIpc) is 2.64. The van der Waals surface area contributed by atoms with Crippen molar-refractivity contribution in [3.05, 3.63) is 12.4 Å². The van der Waals surface area contributed by atoms with Crippen LogP contribution in [0.25, 0.3) is 0 Å². The first kappa shape index (κ1) is 13.4. The predicted octanol–water partition coefficient (Wildman–Crippen LogP) is 3.80. The highest BCUT2D eigenvalue weighted by atomic mass is 15.4. The van der Waals surface area contributed by atoms with E-state index in [0.29, 0.717) is 6.17 Å². The van der Waals surface area contributed by atoms with Crippen molar-refractivity contribution in [3.63, 3.8) is 0 Å². The van der Waals surface area contributed by atoms with E-state index in [1.54, 1.807) is 0 Å². The van der Waals surface area contributed by atoms with Gasteiger partial charge in [0.2, 0.25) is 0 Å². The van der Waals surface area contributed by atoms with Crippen molar-refractivity contribution < 1.29 is 0 Å². The Labute approximate surface area is 101 Å². The van der Waals surface area contributed by atoms with E-state index in [0.717, 1.165) is 0 Å². The first-order valence-corrected chi connectivity index (χ1v) is 7.03. The lowest BCUT2D eigenvalue weighted by Gasteiger charge is -2.32. The van der Waals surface area contributed by atoms with Crippen LogP contribution in [0, 0.1) is 0 Å². The Morgan fingerprint density at radius 1 is 0.812 bits per heavy atom. The zero-order valence-electron chi connectivity index (χ0n) is 11.3. The van der Waals surface area contributed by atoms with Crippen LogP contribution in [0.3, 0.4) is 0 Å². The van der Waals surface area contributed by atoms with E-state index in [2.05, 4.69) is 43.0 Å². The number of nitrogens with zero attached hydrogens (tertiary/aromatic N) is 2. The Bertz CT molecular complexity index is 185. The fraction of sp³-hybridized carbons (Fsp3) is 0.857. The molecule has 2 heteroatoms. The molecule has 0 atom stereocenters. The molecule has 0 aliphatic carbocycles. The molecule has 0 unspecified atom stereocenters. The van der Waals surface area contributed by atoms with Crippen LogP contribution in [0.5, 0.6) is 0 Å². The SMILES string of the molecule is CCCCCC1N(CCC)C=CN1CCC. The maximum Gasteiger partial charge on any atom is 0.101 e. The molecule has 2 nitrogen and oxygen atoms in total. The molecule has 0 saturated heterocycles. The van der Waals surface area contributed by atoms with Crippen LogP contribution in [-0.2, 0) is 0 Å². The van der Waals surface area contributed by atoms with E-state index >= 15 is 0 Å². The topological polar surface area (TPSA) is 6.48 Å². The maximum atomic E-state index is 2.52. The predicted molar refractivity (Wildman–Crippen MR) is 71.1 cm³/mol. The second-order valence-corrected chi connectivity index (χ2v) is 4.75. The average molecular weight is 224 g/mol. The molecule has 0 N–H and O–H groups in total. The van der Waals surface area contributed by atoms with E-state index in [4.69, 9.17) is 0 Å². The molecule has 16 heavy (non-hydrogen) atoms. The first-order chi connectivity index (χ1) is 7.83. The lowest BCUT2D eigenvalue weighted by Crippen LogP contribution is -2.39. The molecule has 0 radical (unpaired) electrons. The maximum absolute atomic E-state index is 2.52. The van der Waals surface area contributed by atoms with Crippen LogP contribution < -0.4 is 0 Å². The van der Waals surface area contributed by atoms with Crippen molar-refractivity contribution in [1.29, 1.82) is 0 Å². The fourth-order valence-corrected chi connectivity index (χ4v) is 2.43. The van der Waals surface area contributed by atoms with Crippen molar-refractivity contribution in [2.75, 3.05) is 13.1 Å². The zero-order chi connectivity index (χ0) is 11.8. The molecule has 94 valence electrons. The first-order valence-electron chi connectivity index (χ1n) is 7.03. The highest BCUT2D eigenvalue weighted by Crippen LogP contribution is 2.21. The lowest BCUT2D eigenvalue weighted by molar-refractivity contribution is 0.140. The molecule has 0 aromatic carbocycles. The Kier molecular flexibility index (Phi) is 6.36. The van der Waals surface area contributed by atoms with Gasteiger partial charge < -0.3 is 9.80 Å². The fourth-order valence-electron chi connectivity index (χ4n) is 2.43. The quantitative estimate of drug-likeness (QED) is 0.579. The van der Waals surface area contributed by atoms with Gasteiger partial charge in [0.1, 0.15) is 6.17 Å². The normalized spacial score (nSPS) is 16.4. The second kappa shape index (κ2) is 7.59. The van der Waals surface area contributed by atoms with Crippen molar-refractivity contribution in [3.8, 4) is 0 Å². The van der Waals surface area contributed by atoms with Gasteiger partial charge in [-0.05, 0) is 25.7 Å². The number of rotatable bonds is 8. The zero-order valence-corrected chi connectivity index (χ0v) is 11.3. The van der Waals surface area contributed by atoms with Crippen molar-refractivity contribution >= 4 is 0 Å². The molecule has 0 saturated carbocycles. The molecule has 1 aliphatic rings. The third-order valence-corrected chi connectivity index (χ3v) is 3.24. The minimum atomic E-state index is 0.645.